The van der Waals surface area contributed by atoms with Crippen LogP contribution >= 0.6 is 0 Å². The first kappa shape index (κ1) is 14.4. The summed E-state index contributed by atoms with van der Waals surface area (Å²) in [5.74, 6) is 2.13. The largest absolute Gasteiger partial charge is 0.325 e. The standard InChI is InChI=1S/C19H31N/c1-13(2)14-6-8-16-15(12-14)7-9-17-18(16,3)10-5-11-19(17,4)20/h7,12-13,16-17H,5-6,8-11,20H2,1-4H3/t16-,17+,18-,19-/m1/s1. The Bertz CT molecular complexity index is 454. The quantitative estimate of drug-likeness (QED) is 0.727. The van der Waals surface area contributed by atoms with E-state index in [0.29, 0.717) is 17.3 Å². The summed E-state index contributed by atoms with van der Waals surface area (Å²) < 4.78 is 0. The lowest BCUT2D eigenvalue weighted by atomic mass is 9.49. The molecule has 4 atom stereocenters. The second-order valence-corrected chi connectivity index (χ2v) is 8.32. The van der Waals surface area contributed by atoms with Gasteiger partial charge in [0.05, 0.1) is 0 Å². The monoisotopic (exact) mass is 273 g/mol. The highest BCUT2D eigenvalue weighted by molar-refractivity contribution is 5.35. The van der Waals surface area contributed by atoms with E-state index >= 15 is 0 Å². The van der Waals surface area contributed by atoms with Crippen molar-refractivity contribution < 1.29 is 0 Å². The lowest BCUT2D eigenvalue weighted by Gasteiger charge is -2.57. The first-order chi connectivity index (χ1) is 9.34. The molecule has 0 saturated heterocycles. The molecule has 1 heteroatoms. The molecule has 0 amide bonds. The van der Waals surface area contributed by atoms with Crippen LogP contribution in [0.15, 0.2) is 23.3 Å². The molecule has 0 aromatic heterocycles. The van der Waals surface area contributed by atoms with Crippen LogP contribution in [0.5, 0.6) is 0 Å². The van der Waals surface area contributed by atoms with Gasteiger partial charge in [0.15, 0.2) is 0 Å². The van der Waals surface area contributed by atoms with E-state index in [0.717, 1.165) is 5.92 Å². The van der Waals surface area contributed by atoms with Gasteiger partial charge in [0.2, 0.25) is 0 Å². The molecule has 0 unspecified atom stereocenters. The first-order valence-electron chi connectivity index (χ1n) is 8.54. The Balaban J connectivity index is 1.97. The predicted molar refractivity (Wildman–Crippen MR) is 86.4 cm³/mol. The van der Waals surface area contributed by atoms with Crippen molar-refractivity contribution in [3.05, 3.63) is 23.3 Å². The Morgan fingerprint density at radius 3 is 2.70 bits per heavy atom. The summed E-state index contributed by atoms with van der Waals surface area (Å²) in [6.07, 6.45) is 12.8. The van der Waals surface area contributed by atoms with Crippen LogP contribution < -0.4 is 5.73 Å². The van der Waals surface area contributed by atoms with Crippen molar-refractivity contribution in [2.45, 2.75) is 71.8 Å². The highest BCUT2D eigenvalue weighted by Gasteiger charge is 2.52. The SMILES string of the molecule is CC(C)C1=CC2=CC[C@H]3[C@](C)(CCC[C@@]3(C)N)[C@@H]2CC1. The summed E-state index contributed by atoms with van der Waals surface area (Å²) in [6.45, 7) is 9.50. The molecule has 3 aliphatic rings. The van der Waals surface area contributed by atoms with Gasteiger partial charge < -0.3 is 5.73 Å². The van der Waals surface area contributed by atoms with Crippen molar-refractivity contribution >= 4 is 0 Å². The summed E-state index contributed by atoms with van der Waals surface area (Å²) in [5, 5.41) is 0. The fourth-order valence-electron chi connectivity index (χ4n) is 5.39. The summed E-state index contributed by atoms with van der Waals surface area (Å²) >= 11 is 0. The molecule has 3 rings (SSSR count). The van der Waals surface area contributed by atoms with Crippen LogP contribution in [0.4, 0.5) is 0 Å². The third-order valence-electron chi connectivity index (χ3n) is 6.63. The molecule has 3 aliphatic carbocycles. The Morgan fingerprint density at radius 1 is 1.25 bits per heavy atom. The maximum Gasteiger partial charge on any atom is 0.0162 e. The summed E-state index contributed by atoms with van der Waals surface area (Å²) in [6, 6.07) is 0. The number of hydrogen-bond acceptors (Lipinski definition) is 1. The van der Waals surface area contributed by atoms with E-state index in [-0.39, 0.29) is 5.54 Å². The molecule has 1 fully saturated rings. The molecule has 0 aromatic carbocycles. The van der Waals surface area contributed by atoms with E-state index in [1.54, 1.807) is 11.1 Å². The maximum atomic E-state index is 6.67. The Morgan fingerprint density at radius 2 is 2.00 bits per heavy atom. The molecule has 20 heavy (non-hydrogen) atoms. The molecule has 1 saturated carbocycles. The van der Waals surface area contributed by atoms with Crippen LogP contribution in [0, 0.1) is 23.2 Å². The van der Waals surface area contributed by atoms with Crippen LogP contribution in [0.1, 0.15) is 66.2 Å². The molecule has 112 valence electrons. The summed E-state index contributed by atoms with van der Waals surface area (Å²) in [5.41, 5.74) is 10.4. The normalized spacial score (nSPS) is 44.5. The van der Waals surface area contributed by atoms with Crippen LogP contribution in [-0.2, 0) is 0 Å². The van der Waals surface area contributed by atoms with E-state index in [1.807, 2.05) is 0 Å². The molecule has 2 N–H and O–H groups in total. The smallest absolute Gasteiger partial charge is 0.0162 e. The molecule has 0 bridgehead atoms. The van der Waals surface area contributed by atoms with E-state index < -0.39 is 0 Å². The molecule has 1 nitrogen and oxygen atoms in total. The van der Waals surface area contributed by atoms with Crippen LogP contribution in [0.25, 0.3) is 0 Å². The molecular weight excluding hydrogens is 242 g/mol. The van der Waals surface area contributed by atoms with E-state index in [4.69, 9.17) is 5.73 Å². The fourth-order valence-corrected chi connectivity index (χ4v) is 5.39. The van der Waals surface area contributed by atoms with Crippen molar-refractivity contribution in [2.75, 3.05) is 0 Å². The third-order valence-corrected chi connectivity index (χ3v) is 6.63. The van der Waals surface area contributed by atoms with Crippen molar-refractivity contribution in [1.29, 1.82) is 0 Å². The van der Waals surface area contributed by atoms with Crippen molar-refractivity contribution in [3.8, 4) is 0 Å². The predicted octanol–water partition coefficient (Wildman–Crippen LogP) is 4.83. The van der Waals surface area contributed by atoms with Crippen molar-refractivity contribution in [1.82, 2.24) is 0 Å². The highest BCUT2D eigenvalue weighted by atomic mass is 14.8. The molecular formula is C19H31N. The Labute approximate surface area is 124 Å². The average Bonchev–Trinajstić information content (AvgIpc) is 2.37. The molecule has 0 aromatic rings. The first-order valence-corrected chi connectivity index (χ1v) is 8.54. The van der Waals surface area contributed by atoms with E-state index in [2.05, 4.69) is 39.8 Å². The van der Waals surface area contributed by atoms with Gasteiger partial charge >= 0.3 is 0 Å². The minimum Gasteiger partial charge on any atom is -0.325 e. The van der Waals surface area contributed by atoms with Gasteiger partial charge in [0.1, 0.15) is 0 Å². The zero-order valence-electron chi connectivity index (χ0n) is 13.7. The zero-order valence-corrected chi connectivity index (χ0v) is 13.7. The topological polar surface area (TPSA) is 26.0 Å². The van der Waals surface area contributed by atoms with Crippen LogP contribution in [0.3, 0.4) is 0 Å². The average molecular weight is 273 g/mol. The van der Waals surface area contributed by atoms with Gasteiger partial charge in [-0.2, -0.15) is 0 Å². The molecule has 0 aliphatic heterocycles. The van der Waals surface area contributed by atoms with Crippen LogP contribution in [-0.4, -0.2) is 5.54 Å². The Hall–Kier alpha value is -0.560. The zero-order chi connectivity index (χ0) is 14.5. The molecule has 0 radical (unpaired) electrons. The minimum atomic E-state index is 0.0388. The van der Waals surface area contributed by atoms with Gasteiger partial charge in [-0.25, -0.2) is 0 Å². The fraction of sp³-hybridized carbons (Fsp3) is 0.789. The summed E-state index contributed by atoms with van der Waals surface area (Å²) in [7, 11) is 0. The van der Waals surface area contributed by atoms with Crippen molar-refractivity contribution in [3.63, 3.8) is 0 Å². The van der Waals surface area contributed by atoms with Gasteiger partial charge in [-0.05, 0) is 67.8 Å². The number of allylic oxidation sites excluding steroid dienone is 4. The lowest BCUT2D eigenvalue weighted by molar-refractivity contribution is -0.00437. The second-order valence-electron chi connectivity index (χ2n) is 8.32. The summed E-state index contributed by atoms with van der Waals surface area (Å²) in [4.78, 5) is 0. The number of hydrogen-bond donors (Lipinski definition) is 1. The molecule has 0 spiro atoms. The Kier molecular flexibility index (Phi) is 3.40. The van der Waals surface area contributed by atoms with Gasteiger partial charge in [-0.1, -0.05) is 44.9 Å². The van der Waals surface area contributed by atoms with Crippen molar-refractivity contribution in [2.24, 2.45) is 28.9 Å². The molecule has 0 heterocycles. The van der Waals surface area contributed by atoms with Gasteiger partial charge in [-0.3, -0.25) is 0 Å². The maximum absolute atomic E-state index is 6.67. The second kappa shape index (κ2) is 4.73. The van der Waals surface area contributed by atoms with Gasteiger partial charge in [0.25, 0.3) is 0 Å². The highest BCUT2D eigenvalue weighted by Crippen LogP contribution is 2.58. The lowest BCUT2D eigenvalue weighted by Crippen LogP contribution is -2.57. The van der Waals surface area contributed by atoms with Gasteiger partial charge in [0, 0.05) is 5.54 Å². The van der Waals surface area contributed by atoms with Crippen LogP contribution in [0.2, 0.25) is 0 Å². The van der Waals surface area contributed by atoms with Gasteiger partial charge in [-0.15, -0.1) is 0 Å². The van der Waals surface area contributed by atoms with E-state index in [9.17, 15) is 0 Å². The minimum absolute atomic E-state index is 0.0388. The number of fused-ring (bicyclic) bond motifs is 3. The number of nitrogens with two attached hydrogens (primary N) is 1. The third kappa shape index (κ3) is 2.09. The number of rotatable bonds is 1. The van der Waals surface area contributed by atoms with E-state index in [1.165, 1.54) is 38.5 Å².